The van der Waals surface area contributed by atoms with Crippen molar-refractivity contribution in [2.45, 2.75) is 37.3 Å². The number of carbonyl (C=O) groups is 1. The molecule has 1 aliphatic rings. The highest BCUT2D eigenvalue weighted by molar-refractivity contribution is 7.99. The maximum absolute atomic E-state index is 14.6. The van der Waals surface area contributed by atoms with Gasteiger partial charge in [-0.05, 0) is 56.2 Å². The van der Waals surface area contributed by atoms with E-state index < -0.39 is 23.2 Å². The van der Waals surface area contributed by atoms with Crippen LogP contribution in [0.5, 0.6) is 0 Å². The van der Waals surface area contributed by atoms with E-state index in [-0.39, 0.29) is 11.6 Å². The average molecular weight is 489 g/mol. The molecule has 9 heteroatoms. The van der Waals surface area contributed by atoms with E-state index >= 15 is 0 Å². The lowest BCUT2D eigenvalue weighted by atomic mass is 9.83. The van der Waals surface area contributed by atoms with E-state index in [1.54, 1.807) is 28.9 Å². The summed E-state index contributed by atoms with van der Waals surface area (Å²) >= 11 is 6.61. The number of piperazine rings is 1. The van der Waals surface area contributed by atoms with Crippen molar-refractivity contribution in [2.24, 2.45) is 0 Å². The fraction of sp³-hybridized carbons (Fsp3) is 0.435. The zero-order chi connectivity index (χ0) is 23.7. The summed E-state index contributed by atoms with van der Waals surface area (Å²) in [6, 6.07) is 9.92. The zero-order valence-corrected chi connectivity index (χ0v) is 19.7. The smallest absolute Gasteiger partial charge is 0.366 e. The van der Waals surface area contributed by atoms with Gasteiger partial charge in [0.1, 0.15) is 5.82 Å². The second-order valence-electron chi connectivity index (χ2n) is 8.38. The maximum Gasteiger partial charge on any atom is 0.398 e. The SMILES string of the molecule is Cc1cc(F)c(N2CCN(C(=O)C(C)(C)c3ccc(Cl)cc3)CC2)cc1SCC(F)(F)F. The lowest BCUT2D eigenvalue weighted by Crippen LogP contribution is -2.53. The molecule has 1 heterocycles. The van der Waals surface area contributed by atoms with Crippen LogP contribution in [-0.4, -0.2) is 48.9 Å². The van der Waals surface area contributed by atoms with Crippen LogP contribution in [0.1, 0.15) is 25.0 Å². The number of anilines is 1. The molecule has 0 spiro atoms. The highest BCUT2D eigenvalue weighted by atomic mass is 35.5. The third-order valence-corrected chi connectivity index (χ3v) is 7.12. The Labute approximate surface area is 194 Å². The predicted molar refractivity (Wildman–Crippen MR) is 121 cm³/mol. The summed E-state index contributed by atoms with van der Waals surface area (Å²) < 4.78 is 52.5. The van der Waals surface area contributed by atoms with Crippen LogP contribution >= 0.6 is 23.4 Å². The Balaban J connectivity index is 1.70. The number of amides is 1. The summed E-state index contributed by atoms with van der Waals surface area (Å²) in [6.45, 7) is 6.89. The average Bonchev–Trinajstić information content (AvgIpc) is 2.72. The summed E-state index contributed by atoms with van der Waals surface area (Å²) in [6.07, 6.45) is -4.30. The fourth-order valence-electron chi connectivity index (χ4n) is 3.74. The normalized spacial score (nSPS) is 15.2. The Morgan fingerprint density at radius 2 is 1.66 bits per heavy atom. The van der Waals surface area contributed by atoms with Gasteiger partial charge in [-0.25, -0.2) is 4.39 Å². The monoisotopic (exact) mass is 488 g/mol. The predicted octanol–water partition coefficient (Wildman–Crippen LogP) is 6.07. The number of hydrogen-bond acceptors (Lipinski definition) is 3. The van der Waals surface area contributed by atoms with Gasteiger partial charge in [0.05, 0.1) is 16.9 Å². The molecular weight excluding hydrogens is 464 g/mol. The van der Waals surface area contributed by atoms with Crippen molar-refractivity contribution in [3.8, 4) is 0 Å². The number of halogens is 5. The quantitative estimate of drug-likeness (QED) is 0.377. The number of alkyl halides is 3. The standard InChI is InChI=1S/C23H25ClF4N2OS/c1-15-12-18(25)19(13-20(15)32-14-23(26,27)28)29-8-10-30(11-9-29)21(31)22(2,3)16-4-6-17(24)7-5-16/h4-7,12-13H,8-11,14H2,1-3H3. The Morgan fingerprint density at radius 1 is 1.06 bits per heavy atom. The van der Waals surface area contributed by atoms with Gasteiger partial charge in [0, 0.05) is 36.1 Å². The molecule has 0 N–H and O–H groups in total. The van der Waals surface area contributed by atoms with Crippen molar-refractivity contribution >= 4 is 35.0 Å². The van der Waals surface area contributed by atoms with Crippen molar-refractivity contribution in [3.63, 3.8) is 0 Å². The zero-order valence-electron chi connectivity index (χ0n) is 18.1. The largest absolute Gasteiger partial charge is 0.398 e. The van der Waals surface area contributed by atoms with Crippen LogP contribution in [0, 0.1) is 12.7 Å². The first kappa shape index (κ1) is 24.7. The minimum Gasteiger partial charge on any atom is -0.366 e. The van der Waals surface area contributed by atoms with E-state index in [2.05, 4.69) is 0 Å². The van der Waals surface area contributed by atoms with Crippen molar-refractivity contribution in [3.05, 3.63) is 58.4 Å². The molecule has 1 fully saturated rings. The minimum absolute atomic E-state index is 0.0368. The number of carbonyl (C=O) groups excluding carboxylic acids is 1. The summed E-state index contributed by atoms with van der Waals surface area (Å²) in [5, 5.41) is 0.596. The molecule has 0 saturated carbocycles. The van der Waals surface area contributed by atoms with Crippen molar-refractivity contribution in [1.82, 2.24) is 4.90 Å². The molecule has 3 rings (SSSR count). The van der Waals surface area contributed by atoms with Crippen LogP contribution in [-0.2, 0) is 10.2 Å². The van der Waals surface area contributed by atoms with Crippen molar-refractivity contribution in [2.75, 3.05) is 36.8 Å². The molecule has 32 heavy (non-hydrogen) atoms. The van der Waals surface area contributed by atoms with Gasteiger partial charge >= 0.3 is 6.18 Å². The molecule has 1 aliphatic heterocycles. The van der Waals surface area contributed by atoms with Gasteiger partial charge in [0.15, 0.2) is 0 Å². The van der Waals surface area contributed by atoms with Crippen LogP contribution < -0.4 is 4.90 Å². The van der Waals surface area contributed by atoms with E-state index in [9.17, 15) is 22.4 Å². The molecule has 0 aromatic heterocycles. The van der Waals surface area contributed by atoms with Gasteiger partial charge in [-0.3, -0.25) is 4.79 Å². The van der Waals surface area contributed by atoms with E-state index in [1.165, 1.54) is 12.1 Å². The van der Waals surface area contributed by atoms with Gasteiger partial charge in [0.25, 0.3) is 0 Å². The minimum atomic E-state index is -4.30. The summed E-state index contributed by atoms with van der Waals surface area (Å²) in [7, 11) is 0. The number of aryl methyl sites for hydroxylation is 1. The Bertz CT molecular complexity index is 971. The summed E-state index contributed by atoms with van der Waals surface area (Å²) in [5.74, 6) is -1.54. The maximum atomic E-state index is 14.6. The molecule has 1 saturated heterocycles. The molecule has 0 bridgehead atoms. The first-order chi connectivity index (χ1) is 14.9. The molecule has 1 amide bonds. The van der Waals surface area contributed by atoms with Crippen LogP contribution in [0.4, 0.5) is 23.2 Å². The lowest BCUT2D eigenvalue weighted by Gasteiger charge is -2.40. The summed E-state index contributed by atoms with van der Waals surface area (Å²) in [4.78, 5) is 17.1. The molecule has 0 radical (unpaired) electrons. The molecule has 3 nitrogen and oxygen atoms in total. The Kier molecular flexibility index (Phi) is 7.34. The first-order valence-corrected chi connectivity index (χ1v) is 11.5. The number of thioether (sulfide) groups is 1. The molecule has 0 aliphatic carbocycles. The Hall–Kier alpha value is -1.93. The molecule has 0 atom stereocenters. The van der Waals surface area contributed by atoms with Gasteiger partial charge in [-0.15, -0.1) is 11.8 Å². The highest BCUT2D eigenvalue weighted by Crippen LogP contribution is 2.34. The van der Waals surface area contributed by atoms with Crippen molar-refractivity contribution in [1.29, 1.82) is 0 Å². The number of rotatable bonds is 5. The van der Waals surface area contributed by atoms with Crippen LogP contribution in [0.3, 0.4) is 0 Å². The topological polar surface area (TPSA) is 23.6 Å². The third kappa shape index (κ3) is 5.70. The molecule has 174 valence electrons. The van der Waals surface area contributed by atoms with Gasteiger partial charge < -0.3 is 9.80 Å². The van der Waals surface area contributed by atoms with E-state index in [0.29, 0.717) is 53.4 Å². The lowest BCUT2D eigenvalue weighted by molar-refractivity contribution is -0.136. The van der Waals surface area contributed by atoms with Crippen molar-refractivity contribution < 1.29 is 22.4 Å². The summed E-state index contributed by atoms with van der Waals surface area (Å²) in [5.41, 5.74) is 0.845. The fourth-order valence-corrected chi connectivity index (χ4v) is 4.66. The second-order valence-corrected chi connectivity index (χ2v) is 9.84. The molecular formula is C23H25ClF4N2OS. The number of benzene rings is 2. The van der Waals surface area contributed by atoms with Gasteiger partial charge in [-0.2, -0.15) is 13.2 Å². The van der Waals surface area contributed by atoms with Crippen LogP contribution in [0.25, 0.3) is 0 Å². The van der Waals surface area contributed by atoms with E-state index in [0.717, 1.165) is 5.56 Å². The van der Waals surface area contributed by atoms with Crippen LogP contribution in [0.15, 0.2) is 41.3 Å². The molecule has 2 aromatic rings. The Morgan fingerprint density at radius 3 is 2.22 bits per heavy atom. The third-order valence-electron chi connectivity index (χ3n) is 5.64. The van der Waals surface area contributed by atoms with Gasteiger partial charge in [-0.1, -0.05) is 23.7 Å². The first-order valence-electron chi connectivity index (χ1n) is 10.2. The molecule has 2 aromatic carbocycles. The van der Waals surface area contributed by atoms with E-state index in [4.69, 9.17) is 11.6 Å². The highest BCUT2D eigenvalue weighted by Gasteiger charge is 2.35. The number of nitrogens with zero attached hydrogens (tertiary/aromatic N) is 2. The number of hydrogen-bond donors (Lipinski definition) is 0. The van der Waals surface area contributed by atoms with Crippen LogP contribution in [0.2, 0.25) is 5.02 Å². The molecule has 0 unspecified atom stereocenters. The van der Waals surface area contributed by atoms with Gasteiger partial charge in [0.2, 0.25) is 5.91 Å². The second kappa shape index (κ2) is 9.51. The van der Waals surface area contributed by atoms with E-state index in [1.807, 2.05) is 26.0 Å².